The van der Waals surface area contributed by atoms with Gasteiger partial charge >= 0.3 is 0 Å². The molecule has 3 heterocycles. The zero-order chi connectivity index (χ0) is 44.3. The Morgan fingerprint density at radius 3 is 2.33 bits per heavy atom. The van der Waals surface area contributed by atoms with Gasteiger partial charge in [0.2, 0.25) is 0 Å². The number of hydrogen-bond donors (Lipinski definition) is 3. The number of nitrogens with zero attached hydrogens (tertiary/aromatic N) is 4. The summed E-state index contributed by atoms with van der Waals surface area (Å²) in [5.74, 6) is 0.937. The minimum Gasteiger partial charge on any atom is -0.381 e. The van der Waals surface area contributed by atoms with Gasteiger partial charge in [-0.05, 0) is 141 Å². The molecule has 3 fully saturated rings. The minimum atomic E-state index is -0.0505. The smallest absolute Gasteiger partial charge is 0.251 e. The molecule has 3 aliphatic heterocycles. The number of nitrogens with two attached hydrogens (primary N) is 1. The molecule has 4 N–H and O–H groups in total. The van der Waals surface area contributed by atoms with Crippen molar-refractivity contribution >= 4 is 46.2 Å². The molecule has 64 heavy (non-hydrogen) atoms. The molecule has 0 spiro atoms. The number of likely N-dealkylation sites (tertiary alicyclic amines) is 1. The van der Waals surface area contributed by atoms with Gasteiger partial charge in [0.05, 0.1) is 13.2 Å². The van der Waals surface area contributed by atoms with Crippen LogP contribution in [0.3, 0.4) is 0 Å². The van der Waals surface area contributed by atoms with Crippen LogP contribution in [0, 0.1) is 12.3 Å². The van der Waals surface area contributed by atoms with Crippen LogP contribution >= 0.6 is 23.4 Å². The van der Waals surface area contributed by atoms with Gasteiger partial charge in [-0.1, -0.05) is 66.6 Å². The number of ether oxygens (including phenoxy) is 1. The minimum absolute atomic E-state index is 0.0505. The summed E-state index contributed by atoms with van der Waals surface area (Å²) in [6.07, 6.45) is 6.72. The first-order valence-corrected chi connectivity index (χ1v) is 25.2. The third-order valence-electron chi connectivity index (χ3n) is 14.0. The Kier molecular flexibility index (Phi) is 16.4. The van der Waals surface area contributed by atoms with Crippen molar-refractivity contribution in [2.24, 2.45) is 11.1 Å². The number of benzene rings is 4. The van der Waals surface area contributed by atoms with Crippen molar-refractivity contribution < 1.29 is 9.53 Å². The molecule has 0 aromatic heterocycles. The highest BCUT2D eigenvalue weighted by Crippen LogP contribution is 2.44. The molecule has 8 rings (SSSR count). The number of piperazine rings is 1. The Balaban J connectivity index is 0.823. The number of amides is 1. The largest absolute Gasteiger partial charge is 0.381 e. The van der Waals surface area contributed by atoms with Crippen molar-refractivity contribution in [3.63, 3.8) is 0 Å². The topological polar surface area (TPSA) is 89.3 Å². The van der Waals surface area contributed by atoms with Crippen molar-refractivity contribution in [2.75, 3.05) is 101 Å². The molecule has 4 aliphatic rings. The lowest BCUT2D eigenvalue weighted by Crippen LogP contribution is -2.48. The number of halogens is 1. The number of piperidine rings is 1. The third kappa shape index (κ3) is 13.1. The molecule has 9 nitrogen and oxygen atoms in total. The van der Waals surface area contributed by atoms with E-state index in [2.05, 4.69) is 117 Å². The maximum absolute atomic E-state index is 13.4. The molecule has 4 aromatic rings. The first kappa shape index (κ1) is 46.7. The Labute approximate surface area is 392 Å². The predicted octanol–water partition coefficient (Wildman–Crippen LogP) is 9.06. The van der Waals surface area contributed by atoms with Gasteiger partial charge in [0, 0.05) is 110 Å². The van der Waals surface area contributed by atoms with Gasteiger partial charge in [-0.2, -0.15) is 0 Å². The summed E-state index contributed by atoms with van der Waals surface area (Å²) in [5, 5.41) is 7.83. The van der Waals surface area contributed by atoms with Gasteiger partial charge in [-0.15, -0.1) is 11.8 Å². The highest BCUT2D eigenvalue weighted by molar-refractivity contribution is 7.99. The summed E-state index contributed by atoms with van der Waals surface area (Å²) in [6.45, 7) is 18.2. The van der Waals surface area contributed by atoms with Crippen LogP contribution in [-0.4, -0.2) is 124 Å². The molecule has 0 saturated carbocycles. The number of hydrogen-bond acceptors (Lipinski definition) is 9. The van der Waals surface area contributed by atoms with E-state index in [1.54, 1.807) is 5.57 Å². The maximum Gasteiger partial charge on any atom is 0.251 e. The highest BCUT2D eigenvalue weighted by atomic mass is 35.5. The van der Waals surface area contributed by atoms with Crippen molar-refractivity contribution in [3.05, 3.63) is 130 Å². The number of aryl methyl sites for hydroxylation is 1. The fraction of sp³-hybridized carbons (Fsp3) is 0.491. The van der Waals surface area contributed by atoms with Crippen LogP contribution in [0.5, 0.6) is 0 Å². The van der Waals surface area contributed by atoms with E-state index in [0.29, 0.717) is 24.2 Å². The molecular weight excluding hydrogens is 834 g/mol. The van der Waals surface area contributed by atoms with E-state index < -0.39 is 0 Å². The second kappa shape index (κ2) is 22.6. The molecule has 0 radical (unpaired) electrons. The van der Waals surface area contributed by atoms with Crippen LogP contribution in [0.1, 0.15) is 72.5 Å². The molecule has 342 valence electrons. The van der Waals surface area contributed by atoms with Crippen LogP contribution < -0.4 is 21.3 Å². The Bertz CT molecular complexity index is 2130. The highest BCUT2D eigenvalue weighted by Gasteiger charge is 2.35. The fourth-order valence-corrected chi connectivity index (χ4v) is 11.2. The average molecular weight is 905 g/mol. The molecule has 11 heteroatoms. The normalized spacial score (nSPS) is 21.2. The summed E-state index contributed by atoms with van der Waals surface area (Å²) >= 11 is 8.23. The second-order valence-corrected chi connectivity index (χ2v) is 20.6. The zero-order valence-corrected chi connectivity index (χ0v) is 39.8. The first-order chi connectivity index (χ1) is 31.1. The molecule has 1 aliphatic carbocycles. The van der Waals surface area contributed by atoms with Crippen LogP contribution in [0.15, 0.2) is 108 Å². The number of nitrogens with one attached hydrogen (secondary N) is 2. The molecule has 1 amide bonds. The quantitative estimate of drug-likeness (QED) is 0.0899. The molecule has 0 bridgehead atoms. The number of rotatable bonds is 17. The van der Waals surface area contributed by atoms with Gasteiger partial charge in [0.1, 0.15) is 0 Å². The van der Waals surface area contributed by atoms with E-state index >= 15 is 0 Å². The Hall–Kier alpha value is -3.87. The molecule has 1 unspecified atom stereocenters. The molecule has 3 saturated heterocycles. The van der Waals surface area contributed by atoms with E-state index in [0.717, 1.165) is 139 Å². The van der Waals surface area contributed by atoms with E-state index in [1.807, 2.05) is 36.0 Å². The van der Waals surface area contributed by atoms with Crippen LogP contribution in [0.4, 0.5) is 11.4 Å². The standard InChI is InChI=1S/C53H70ClN7O2S/c1-40-34-41(8-17-51(40)57-47(21-25-58-30-32-63-33-31-58)38-64-49-6-4-3-5-7-49)36-56-52(62)43-11-15-48(16-12-43)61-28-26-59(27-29-61)37-44-35-53(2,39-60-23-19-46(55)20-24-60)22-18-50(44)42-9-13-45(54)14-10-42/h3-17,34,46-47,57H,18-33,35-39,55H2,1-2H3,(H,56,62)/t47-,53?/m1/s1. The third-order valence-corrected chi connectivity index (χ3v) is 15.4. The SMILES string of the molecule is Cc1cc(CNC(=O)c2ccc(N3CCN(CC4=C(c5ccc(Cl)cc5)CCC(C)(CN5CCC(N)CC5)C4)CC3)cc2)ccc1N[C@H](CCN1CCOCC1)CSc1ccccc1. The summed E-state index contributed by atoms with van der Waals surface area (Å²) in [5.41, 5.74) is 16.2. The second-order valence-electron chi connectivity index (χ2n) is 19.0. The van der Waals surface area contributed by atoms with Gasteiger partial charge in [-0.3, -0.25) is 14.6 Å². The number of anilines is 2. The van der Waals surface area contributed by atoms with Crippen molar-refractivity contribution in [1.82, 2.24) is 20.0 Å². The van der Waals surface area contributed by atoms with E-state index in [4.69, 9.17) is 22.1 Å². The van der Waals surface area contributed by atoms with Crippen LogP contribution in [-0.2, 0) is 11.3 Å². The fourth-order valence-electron chi connectivity index (χ4n) is 10.1. The summed E-state index contributed by atoms with van der Waals surface area (Å²) in [6, 6.07) is 34.5. The Morgan fingerprint density at radius 1 is 0.875 bits per heavy atom. The summed E-state index contributed by atoms with van der Waals surface area (Å²) in [7, 11) is 0. The van der Waals surface area contributed by atoms with Gasteiger partial charge in [0.15, 0.2) is 0 Å². The van der Waals surface area contributed by atoms with E-state index in [1.165, 1.54) is 33.7 Å². The van der Waals surface area contributed by atoms with Crippen LogP contribution in [0.2, 0.25) is 5.02 Å². The van der Waals surface area contributed by atoms with Gasteiger partial charge in [0.25, 0.3) is 5.91 Å². The summed E-state index contributed by atoms with van der Waals surface area (Å²) < 4.78 is 5.58. The number of carbonyl (C=O) groups is 1. The first-order valence-electron chi connectivity index (χ1n) is 23.8. The monoisotopic (exact) mass is 904 g/mol. The molecule has 2 atom stereocenters. The zero-order valence-electron chi connectivity index (χ0n) is 38.2. The van der Waals surface area contributed by atoms with Crippen molar-refractivity contribution in [3.8, 4) is 0 Å². The lowest BCUT2D eigenvalue weighted by Gasteiger charge is -2.43. The molecular formula is C53H70ClN7O2S. The lowest BCUT2D eigenvalue weighted by atomic mass is 9.71. The van der Waals surface area contributed by atoms with Crippen LogP contribution in [0.25, 0.3) is 5.57 Å². The lowest BCUT2D eigenvalue weighted by molar-refractivity contribution is 0.0370. The number of allylic oxidation sites excluding steroid dienone is 1. The van der Waals surface area contributed by atoms with Gasteiger partial charge < -0.3 is 30.9 Å². The van der Waals surface area contributed by atoms with Gasteiger partial charge in [-0.25, -0.2) is 0 Å². The van der Waals surface area contributed by atoms with E-state index in [-0.39, 0.29) is 11.3 Å². The number of morpholine rings is 1. The summed E-state index contributed by atoms with van der Waals surface area (Å²) in [4.78, 5) is 24.9. The van der Waals surface area contributed by atoms with Crippen molar-refractivity contribution in [1.29, 1.82) is 0 Å². The van der Waals surface area contributed by atoms with E-state index in [9.17, 15) is 4.79 Å². The predicted molar refractivity (Wildman–Crippen MR) is 268 cm³/mol. The number of carbonyl (C=O) groups excluding carboxylic acids is 1. The Morgan fingerprint density at radius 2 is 1.61 bits per heavy atom. The number of thioether (sulfide) groups is 1. The molecule has 4 aromatic carbocycles. The maximum atomic E-state index is 13.4. The average Bonchev–Trinajstić information content (AvgIpc) is 3.32. The van der Waals surface area contributed by atoms with Crippen molar-refractivity contribution in [2.45, 2.75) is 75.9 Å².